The summed E-state index contributed by atoms with van der Waals surface area (Å²) in [5, 5.41) is 9.44. The van der Waals surface area contributed by atoms with E-state index in [9.17, 15) is 13.2 Å². The van der Waals surface area contributed by atoms with Crippen LogP contribution in [0.2, 0.25) is 0 Å². The average Bonchev–Trinajstić information content (AvgIpc) is 2.45. The second-order valence-electron chi connectivity index (χ2n) is 3.86. The zero-order valence-corrected chi connectivity index (χ0v) is 10.5. The predicted octanol–water partition coefficient (Wildman–Crippen LogP) is 2.51. The third-order valence-corrected chi connectivity index (χ3v) is 2.44. The van der Waals surface area contributed by atoms with Crippen molar-refractivity contribution in [1.82, 2.24) is 15.2 Å². The van der Waals surface area contributed by atoms with E-state index in [-0.39, 0.29) is 5.82 Å². The SMILES string of the molecule is COc1ccc(CNc2ccc(C(F)(F)F)nn2)cn1. The van der Waals surface area contributed by atoms with Gasteiger partial charge in [0.15, 0.2) is 5.69 Å². The van der Waals surface area contributed by atoms with E-state index in [0.717, 1.165) is 11.6 Å². The van der Waals surface area contributed by atoms with Gasteiger partial charge in [-0.3, -0.25) is 0 Å². The first-order valence-corrected chi connectivity index (χ1v) is 5.63. The van der Waals surface area contributed by atoms with Gasteiger partial charge in [-0.25, -0.2) is 4.98 Å². The lowest BCUT2D eigenvalue weighted by atomic mass is 10.3. The molecule has 0 bridgehead atoms. The van der Waals surface area contributed by atoms with Crippen molar-refractivity contribution < 1.29 is 17.9 Å². The number of alkyl halides is 3. The number of methoxy groups -OCH3 is 1. The predicted molar refractivity (Wildman–Crippen MR) is 65.1 cm³/mol. The minimum Gasteiger partial charge on any atom is -0.481 e. The Morgan fingerprint density at radius 1 is 1.15 bits per heavy atom. The summed E-state index contributed by atoms with van der Waals surface area (Å²) in [4.78, 5) is 4.01. The highest BCUT2D eigenvalue weighted by molar-refractivity contribution is 5.34. The molecule has 0 amide bonds. The summed E-state index contributed by atoms with van der Waals surface area (Å²) in [6.07, 6.45) is -2.88. The van der Waals surface area contributed by atoms with Crippen LogP contribution in [0.1, 0.15) is 11.3 Å². The van der Waals surface area contributed by atoms with Gasteiger partial charge in [-0.2, -0.15) is 13.2 Å². The average molecular weight is 284 g/mol. The first-order chi connectivity index (χ1) is 9.49. The molecule has 2 aromatic rings. The van der Waals surface area contributed by atoms with Crippen molar-refractivity contribution in [3.8, 4) is 5.88 Å². The first kappa shape index (κ1) is 14.0. The number of anilines is 1. The number of nitrogens with one attached hydrogen (secondary N) is 1. The van der Waals surface area contributed by atoms with Gasteiger partial charge in [-0.15, -0.1) is 10.2 Å². The standard InChI is InChI=1S/C12H11F3N4O/c1-20-11-5-2-8(7-17-11)6-16-10-4-3-9(18-19-10)12(13,14)15/h2-5,7H,6H2,1H3,(H,16,19). The Balaban J connectivity index is 1.96. The summed E-state index contributed by atoms with van der Waals surface area (Å²) < 4.78 is 41.8. The molecule has 0 fully saturated rings. The van der Waals surface area contributed by atoms with Gasteiger partial charge in [0.1, 0.15) is 5.82 Å². The Bertz CT molecular complexity index is 554. The molecule has 0 saturated heterocycles. The highest BCUT2D eigenvalue weighted by Gasteiger charge is 2.32. The van der Waals surface area contributed by atoms with Crippen LogP contribution in [-0.2, 0) is 12.7 Å². The molecule has 0 aliphatic rings. The number of halogens is 3. The Morgan fingerprint density at radius 3 is 2.45 bits per heavy atom. The molecular formula is C12H11F3N4O. The van der Waals surface area contributed by atoms with Crippen LogP contribution in [0.25, 0.3) is 0 Å². The highest BCUT2D eigenvalue weighted by atomic mass is 19.4. The Morgan fingerprint density at radius 2 is 1.95 bits per heavy atom. The second-order valence-corrected chi connectivity index (χ2v) is 3.86. The molecule has 8 heteroatoms. The summed E-state index contributed by atoms with van der Waals surface area (Å²) in [5.41, 5.74) is -0.179. The summed E-state index contributed by atoms with van der Waals surface area (Å²) in [5.74, 6) is 0.747. The summed E-state index contributed by atoms with van der Waals surface area (Å²) >= 11 is 0. The molecule has 5 nitrogen and oxygen atoms in total. The minimum absolute atomic E-state index is 0.258. The molecule has 20 heavy (non-hydrogen) atoms. The van der Waals surface area contributed by atoms with Gasteiger partial charge >= 0.3 is 6.18 Å². The van der Waals surface area contributed by atoms with Crippen LogP contribution >= 0.6 is 0 Å². The van der Waals surface area contributed by atoms with E-state index in [1.54, 1.807) is 18.3 Å². The van der Waals surface area contributed by atoms with Crippen LogP contribution in [0.5, 0.6) is 5.88 Å². The number of hydrogen-bond donors (Lipinski definition) is 1. The van der Waals surface area contributed by atoms with Crippen LogP contribution in [0.15, 0.2) is 30.5 Å². The lowest BCUT2D eigenvalue weighted by Crippen LogP contribution is -2.10. The molecule has 2 rings (SSSR count). The summed E-state index contributed by atoms with van der Waals surface area (Å²) in [7, 11) is 1.51. The third-order valence-electron chi connectivity index (χ3n) is 2.44. The fourth-order valence-electron chi connectivity index (χ4n) is 1.41. The molecule has 0 aliphatic carbocycles. The van der Waals surface area contributed by atoms with Crippen molar-refractivity contribution >= 4 is 5.82 Å². The van der Waals surface area contributed by atoms with Gasteiger partial charge in [-0.1, -0.05) is 6.07 Å². The van der Waals surface area contributed by atoms with Gasteiger partial charge in [0.2, 0.25) is 5.88 Å². The Labute approximate surface area is 112 Å². The first-order valence-electron chi connectivity index (χ1n) is 5.63. The Hall–Kier alpha value is -2.38. The van der Waals surface area contributed by atoms with Crippen LogP contribution in [0.3, 0.4) is 0 Å². The molecule has 2 heterocycles. The van der Waals surface area contributed by atoms with Gasteiger partial charge in [0.25, 0.3) is 0 Å². The smallest absolute Gasteiger partial charge is 0.435 e. The number of nitrogens with zero attached hydrogens (tertiary/aromatic N) is 3. The van der Waals surface area contributed by atoms with E-state index in [4.69, 9.17) is 4.74 Å². The van der Waals surface area contributed by atoms with Crippen molar-refractivity contribution in [2.24, 2.45) is 0 Å². The van der Waals surface area contributed by atoms with Crippen molar-refractivity contribution in [1.29, 1.82) is 0 Å². The van der Waals surface area contributed by atoms with E-state index >= 15 is 0 Å². The number of hydrogen-bond acceptors (Lipinski definition) is 5. The topological polar surface area (TPSA) is 59.9 Å². The molecule has 0 radical (unpaired) electrons. The lowest BCUT2D eigenvalue weighted by Gasteiger charge is -2.07. The molecule has 106 valence electrons. The zero-order chi connectivity index (χ0) is 14.6. The highest BCUT2D eigenvalue weighted by Crippen LogP contribution is 2.27. The fraction of sp³-hybridized carbons (Fsp3) is 0.250. The van der Waals surface area contributed by atoms with Crippen LogP contribution in [0.4, 0.5) is 19.0 Å². The number of aromatic nitrogens is 3. The van der Waals surface area contributed by atoms with Gasteiger partial charge in [-0.05, 0) is 17.7 Å². The fourth-order valence-corrected chi connectivity index (χ4v) is 1.41. The lowest BCUT2D eigenvalue weighted by molar-refractivity contribution is -0.141. The number of ether oxygens (including phenoxy) is 1. The molecule has 0 unspecified atom stereocenters. The van der Waals surface area contributed by atoms with Crippen LogP contribution in [0, 0.1) is 0 Å². The second kappa shape index (κ2) is 5.72. The van der Waals surface area contributed by atoms with Crippen molar-refractivity contribution in [2.75, 3.05) is 12.4 Å². The van der Waals surface area contributed by atoms with E-state index in [2.05, 4.69) is 20.5 Å². The third kappa shape index (κ3) is 3.56. The molecule has 0 atom stereocenters. The van der Waals surface area contributed by atoms with E-state index in [1.165, 1.54) is 13.2 Å². The molecule has 1 N–H and O–H groups in total. The molecular weight excluding hydrogens is 273 g/mol. The van der Waals surface area contributed by atoms with Gasteiger partial charge < -0.3 is 10.1 Å². The number of pyridine rings is 1. The summed E-state index contributed by atoms with van der Waals surface area (Å²) in [6, 6.07) is 5.58. The van der Waals surface area contributed by atoms with Crippen LogP contribution in [-0.4, -0.2) is 22.3 Å². The van der Waals surface area contributed by atoms with E-state index < -0.39 is 11.9 Å². The van der Waals surface area contributed by atoms with Gasteiger partial charge in [0, 0.05) is 18.8 Å². The molecule has 0 aliphatic heterocycles. The van der Waals surface area contributed by atoms with E-state index in [0.29, 0.717) is 12.4 Å². The maximum absolute atomic E-state index is 12.3. The van der Waals surface area contributed by atoms with Crippen molar-refractivity contribution in [3.05, 3.63) is 41.7 Å². The van der Waals surface area contributed by atoms with Crippen LogP contribution < -0.4 is 10.1 Å². The monoisotopic (exact) mass is 284 g/mol. The quantitative estimate of drug-likeness (QED) is 0.934. The van der Waals surface area contributed by atoms with Crippen molar-refractivity contribution in [3.63, 3.8) is 0 Å². The minimum atomic E-state index is -4.48. The largest absolute Gasteiger partial charge is 0.481 e. The Kier molecular flexibility index (Phi) is 4.02. The van der Waals surface area contributed by atoms with Gasteiger partial charge in [0.05, 0.1) is 7.11 Å². The molecule has 0 spiro atoms. The molecule has 0 saturated carbocycles. The molecule has 2 aromatic heterocycles. The van der Waals surface area contributed by atoms with Crippen molar-refractivity contribution in [2.45, 2.75) is 12.7 Å². The normalized spacial score (nSPS) is 11.2. The zero-order valence-electron chi connectivity index (χ0n) is 10.5. The summed E-state index contributed by atoms with van der Waals surface area (Å²) in [6.45, 7) is 0.372. The maximum Gasteiger partial charge on any atom is 0.435 e. The maximum atomic E-state index is 12.3. The molecule has 0 aromatic carbocycles. The number of rotatable bonds is 4. The van der Waals surface area contributed by atoms with E-state index in [1.807, 2.05) is 0 Å².